The fourth-order valence-corrected chi connectivity index (χ4v) is 2.71. The fraction of sp³-hybridized carbons (Fsp3) is 0.222. The standard InChI is InChI=1S/C18H19N5O2/c1-11-8-12(2)22-18(25)14(11)9-20-17(24)15-10-21-23(13(15)3)16-6-4-5-7-19-16/h4-8,10H,9H2,1-3H3,(H,20,24)(H,22,25). The molecule has 0 saturated carbocycles. The maximum Gasteiger partial charge on any atom is 0.255 e. The highest BCUT2D eigenvalue weighted by molar-refractivity contribution is 5.95. The number of pyridine rings is 2. The van der Waals surface area contributed by atoms with Crippen LogP contribution < -0.4 is 10.9 Å². The first-order valence-corrected chi connectivity index (χ1v) is 7.91. The van der Waals surface area contributed by atoms with Gasteiger partial charge in [0.1, 0.15) is 0 Å². The number of H-pyrrole nitrogens is 1. The predicted octanol–water partition coefficient (Wildman–Crippen LogP) is 1.81. The average Bonchev–Trinajstić information content (AvgIpc) is 2.96. The van der Waals surface area contributed by atoms with E-state index >= 15 is 0 Å². The molecule has 0 unspecified atom stereocenters. The summed E-state index contributed by atoms with van der Waals surface area (Å²) in [7, 11) is 0. The molecule has 0 aliphatic carbocycles. The van der Waals surface area contributed by atoms with Crippen LogP contribution in [0.15, 0.2) is 41.5 Å². The smallest absolute Gasteiger partial charge is 0.255 e. The van der Waals surface area contributed by atoms with Crippen LogP contribution in [0, 0.1) is 20.8 Å². The lowest BCUT2D eigenvalue weighted by molar-refractivity contribution is 0.0950. The van der Waals surface area contributed by atoms with Crippen LogP contribution in [0.3, 0.4) is 0 Å². The number of carbonyl (C=O) groups is 1. The van der Waals surface area contributed by atoms with Crippen LogP contribution in [0.2, 0.25) is 0 Å². The van der Waals surface area contributed by atoms with Crippen LogP contribution in [0.1, 0.15) is 32.9 Å². The molecule has 0 radical (unpaired) electrons. The van der Waals surface area contributed by atoms with Gasteiger partial charge in [0.2, 0.25) is 0 Å². The van der Waals surface area contributed by atoms with E-state index in [1.807, 2.05) is 38.1 Å². The molecule has 128 valence electrons. The lowest BCUT2D eigenvalue weighted by Gasteiger charge is -2.08. The van der Waals surface area contributed by atoms with E-state index < -0.39 is 0 Å². The van der Waals surface area contributed by atoms with E-state index in [1.165, 1.54) is 6.20 Å². The molecule has 0 bridgehead atoms. The van der Waals surface area contributed by atoms with E-state index in [1.54, 1.807) is 17.8 Å². The summed E-state index contributed by atoms with van der Waals surface area (Å²) in [5.74, 6) is 0.365. The number of hydrogen-bond donors (Lipinski definition) is 2. The average molecular weight is 337 g/mol. The number of nitrogens with zero attached hydrogens (tertiary/aromatic N) is 3. The molecule has 3 rings (SSSR count). The molecule has 25 heavy (non-hydrogen) atoms. The van der Waals surface area contributed by atoms with Gasteiger partial charge in [-0.3, -0.25) is 9.59 Å². The van der Waals surface area contributed by atoms with Crippen LogP contribution >= 0.6 is 0 Å². The highest BCUT2D eigenvalue weighted by atomic mass is 16.2. The van der Waals surface area contributed by atoms with E-state index in [2.05, 4.69) is 20.4 Å². The van der Waals surface area contributed by atoms with Gasteiger partial charge in [-0.15, -0.1) is 0 Å². The third-order valence-corrected chi connectivity index (χ3v) is 4.04. The van der Waals surface area contributed by atoms with Crippen LogP contribution in [0.25, 0.3) is 5.82 Å². The minimum atomic E-state index is -0.279. The normalized spacial score (nSPS) is 10.7. The van der Waals surface area contributed by atoms with Gasteiger partial charge < -0.3 is 10.3 Å². The summed E-state index contributed by atoms with van der Waals surface area (Å²) in [4.78, 5) is 31.5. The Morgan fingerprint density at radius 1 is 1.28 bits per heavy atom. The van der Waals surface area contributed by atoms with Crippen molar-refractivity contribution in [3.8, 4) is 5.82 Å². The Morgan fingerprint density at radius 2 is 2.08 bits per heavy atom. The molecule has 0 saturated heterocycles. The largest absolute Gasteiger partial charge is 0.348 e. The maximum atomic E-state index is 12.5. The quantitative estimate of drug-likeness (QED) is 0.759. The van der Waals surface area contributed by atoms with Crippen molar-refractivity contribution in [1.82, 2.24) is 25.1 Å². The second-order valence-electron chi connectivity index (χ2n) is 5.87. The van der Waals surface area contributed by atoms with Crippen molar-refractivity contribution < 1.29 is 4.79 Å². The van der Waals surface area contributed by atoms with Crippen LogP contribution in [-0.2, 0) is 6.54 Å². The number of aromatic nitrogens is 4. The minimum Gasteiger partial charge on any atom is -0.348 e. The number of aryl methyl sites for hydroxylation is 2. The van der Waals surface area contributed by atoms with Gasteiger partial charge in [-0.05, 0) is 44.5 Å². The van der Waals surface area contributed by atoms with Crippen molar-refractivity contribution >= 4 is 5.91 Å². The lowest BCUT2D eigenvalue weighted by Crippen LogP contribution is -2.28. The Labute approximate surface area is 144 Å². The van der Waals surface area contributed by atoms with Gasteiger partial charge in [-0.25, -0.2) is 9.67 Å². The van der Waals surface area contributed by atoms with Gasteiger partial charge in [0, 0.05) is 24.0 Å². The topological polar surface area (TPSA) is 92.7 Å². The molecule has 0 aromatic carbocycles. The highest BCUT2D eigenvalue weighted by Crippen LogP contribution is 2.12. The van der Waals surface area contributed by atoms with Gasteiger partial charge in [0.25, 0.3) is 11.5 Å². The van der Waals surface area contributed by atoms with Gasteiger partial charge in [-0.2, -0.15) is 5.10 Å². The molecule has 3 aromatic rings. The number of aromatic amines is 1. The second kappa shape index (κ2) is 6.72. The number of carbonyl (C=O) groups excluding carboxylic acids is 1. The SMILES string of the molecule is Cc1cc(C)c(CNC(=O)c2cnn(-c3ccccn3)c2C)c(=O)[nH]1. The molecule has 7 heteroatoms. The number of rotatable bonds is 4. The molecule has 0 atom stereocenters. The highest BCUT2D eigenvalue weighted by Gasteiger charge is 2.16. The molecule has 2 N–H and O–H groups in total. The molecule has 3 heterocycles. The third-order valence-electron chi connectivity index (χ3n) is 4.04. The molecule has 0 aliphatic rings. The summed E-state index contributed by atoms with van der Waals surface area (Å²) in [6.45, 7) is 5.65. The van der Waals surface area contributed by atoms with E-state index in [0.29, 0.717) is 22.6 Å². The Hall–Kier alpha value is -3.22. The first kappa shape index (κ1) is 16.6. The van der Waals surface area contributed by atoms with Crippen LogP contribution in [-0.4, -0.2) is 25.7 Å². The molecule has 1 amide bonds. The van der Waals surface area contributed by atoms with Crippen molar-refractivity contribution in [3.05, 3.63) is 75.1 Å². The molecule has 3 aromatic heterocycles. The van der Waals surface area contributed by atoms with Gasteiger partial charge in [0.05, 0.1) is 17.5 Å². The zero-order valence-electron chi connectivity index (χ0n) is 14.3. The molecule has 0 aliphatic heterocycles. The van der Waals surface area contributed by atoms with Crippen molar-refractivity contribution in [2.75, 3.05) is 0 Å². The second-order valence-corrected chi connectivity index (χ2v) is 5.87. The van der Waals surface area contributed by atoms with E-state index in [9.17, 15) is 9.59 Å². The Kier molecular flexibility index (Phi) is 4.47. The van der Waals surface area contributed by atoms with E-state index in [0.717, 1.165) is 11.3 Å². The molecular formula is C18H19N5O2. The zero-order chi connectivity index (χ0) is 18.0. The zero-order valence-corrected chi connectivity index (χ0v) is 14.3. The van der Waals surface area contributed by atoms with Gasteiger partial charge >= 0.3 is 0 Å². The molecule has 0 spiro atoms. The maximum absolute atomic E-state index is 12.5. The Balaban J connectivity index is 1.79. The molecule has 0 fully saturated rings. The van der Waals surface area contributed by atoms with Gasteiger partial charge in [-0.1, -0.05) is 6.07 Å². The van der Waals surface area contributed by atoms with Gasteiger partial charge in [0.15, 0.2) is 5.82 Å². The van der Waals surface area contributed by atoms with E-state index in [4.69, 9.17) is 0 Å². The molecule has 7 nitrogen and oxygen atoms in total. The minimum absolute atomic E-state index is 0.161. The number of amides is 1. The summed E-state index contributed by atoms with van der Waals surface area (Å²) in [6, 6.07) is 7.37. The summed E-state index contributed by atoms with van der Waals surface area (Å²) in [5.41, 5.74) is 3.15. The van der Waals surface area contributed by atoms with Crippen LogP contribution in [0.4, 0.5) is 0 Å². The third kappa shape index (κ3) is 3.35. The van der Waals surface area contributed by atoms with Crippen molar-refractivity contribution in [2.24, 2.45) is 0 Å². The lowest BCUT2D eigenvalue weighted by atomic mass is 10.1. The first-order chi connectivity index (χ1) is 12.0. The molecular weight excluding hydrogens is 318 g/mol. The number of hydrogen-bond acceptors (Lipinski definition) is 4. The summed E-state index contributed by atoms with van der Waals surface area (Å²) >= 11 is 0. The fourth-order valence-electron chi connectivity index (χ4n) is 2.71. The summed E-state index contributed by atoms with van der Waals surface area (Å²) in [6.07, 6.45) is 3.17. The van der Waals surface area contributed by atoms with Crippen molar-refractivity contribution in [2.45, 2.75) is 27.3 Å². The summed E-state index contributed by atoms with van der Waals surface area (Å²) in [5, 5.41) is 7.02. The monoisotopic (exact) mass is 337 g/mol. The Bertz CT molecular complexity index is 973. The summed E-state index contributed by atoms with van der Waals surface area (Å²) < 4.78 is 1.61. The predicted molar refractivity (Wildman–Crippen MR) is 93.8 cm³/mol. The first-order valence-electron chi connectivity index (χ1n) is 7.91. The van der Waals surface area contributed by atoms with Crippen molar-refractivity contribution in [1.29, 1.82) is 0 Å². The Morgan fingerprint density at radius 3 is 2.76 bits per heavy atom. The van der Waals surface area contributed by atoms with Crippen LogP contribution in [0.5, 0.6) is 0 Å². The van der Waals surface area contributed by atoms with Crippen molar-refractivity contribution in [3.63, 3.8) is 0 Å². The van der Waals surface area contributed by atoms with E-state index in [-0.39, 0.29) is 18.0 Å². The number of nitrogens with one attached hydrogen (secondary N) is 2.